The van der Waals surface area contributed by atoms with Gasteiger partial charge in [0.2, 0.25) is 0 Å². The Balaban J connectivity index is 0. The van der Waals surface area contributed by atoms with Gasteiger partial charge in [0.05, 0.1) is 0 Å². The average molecular weight is 431 g/mol. The van der Waals surface area contributed by atoms with E-state index >= 15 is 0 Å². The van der Waals surface area contributed by atoms with E-state index < -0.39 is 0 Å². The van der Waals surface area contributed by atoms with Crippen molar-refractivity contribution in [3.8, 4) is 5.75 Å². The molecule has 26 heavy (non-hydrogen) atoms. The van der Waals surface area contributed by atoms with Crippen molar-refractivity contribution in [2.75, 3.05) is 0 Å². The Morgan fingerprint density at radius 1 is 0.885 bits per heavy atom. The third kappa shape index (κ3) is 6.16. The molecule has 4 heteroatoms. The summed E-state index contributed by atoms with van der Waals surface area (Å²) in [5.74, 6) is 0.948. The van der Waals surface area contributed by atoms with Crippen molar-refractivity contribution in [3.63, 3.8) is 0 Å². The molecule has 1 aliphatic carbocycles. The van der Waals surface area contributed by atoms with Gasteiger partial charge in [0.1, 0.15) is 0 Å². The maximum Gasteiger partial charge on any atom is -1.00 e. The minimum absolute atomic E-state index is 0. The summed E-state index contributed by atoms with van der Waals surface area (Å²) in [7, 11) is 0. The largest absolute Gasteiger partial charge is 1.00 e. The Bertz CT molecular complexity index is 645. The van der Waals surface area contributed by atoms with Crippen LogP contribution in [0, 0.1) is 5.41 Å². The van der Waals surface area contributed by atoms with Gasteiger partial charge in [-0.15, -0.1) is 5.75 Å². The van der Waals surface area contributed by atoms with Crippen LogP contribution in [-0.4, -0.2) is 0 Å². The van der Waals surface area contributed by atoms with E-state index in [2.05, 4.69) is 75.0 Å². The molecule has 144 valence electrons. The molecule has 0 aromatic heterocycles. The molecule has 1 aromatic rings. The van der Waals surface area contributed by atoms with E-state index in [1.54, 1.807) is 6.07 Å². The topological polar surface area (TPSA) is 23.1 Å². The van der Waals surface area contributed by atoms with E-state index in [4.69, 9.17) is 0 Å². The quantitative estimate of drug-likeness (QED) is 0.614. The monoisotopic (exact) mass is 430 g/mol. The predicted octanol–water partition coefficient (Wildman–Crippen LogP) is 0.198. The Morgan fingerprint density at radius 3 is 1.62 bits per heavy atom. The van der Waals surface area contributed by atoms with Gasteiger partial charge in [0, 0.05) is 0 Å². The molecule has 1 aromatic carbocycles. The van der Waals surface area contributed by atoms with Gasteiger partial charge in [-0.2, -0.15) is 0 Å². The van der Waals surface area contributed by atoms with Gasteiger partial charge in [-0.1, -0.05) is 51.5 Å². The predicted molar refractivity (Wildman–Crippen MR) is 98.9 cm³/mol. The van der Waals surface area contributed by atoms with Gasteiger partial charge in [-0.25, -0.2) is 0 Å². The van der Waals surface area contributed by atoms with Crippen LogP contribution < -0.4 is 29.9 Å². The van der Waals surface area contributed by atoms with E-state index in [0.717, 1.165) is 11.1 Å². The molecule has 0 fully saturated rings. The molecule has 0 aliphatic heterocycles. The second-order valence-electron chi connectivity index (χ2n) is 7.98. The van der Waals surface area contributed by atoms with E-state index in [1.165, 1.54) is 20.6 Å². The third-order valence-electron chi connectivity index (χ3n) is 5.39. The first-order chi connectivity index (χ1) is 10.9. The summed E-state index contributed by atoms with van der Waals surface area (Å²) < 4.78 is 1.53. The number of rotatable bonds is 2. The van der Waals surface area contributed by atoms with Crippen LogP contribution in [0.25, 0.3) is 0 Å². The minimum Gasteiger partial charge on any atom is -1.00 e. The van der Waals surface area contributed by atoms with Crippen LogP contribution in [0.2, 0.25) is 0 Å². The molecule has 0 radical (unpaired) electrons. The first kappa shape index (κ1) is 28.0. The second-order valence-corrected chi connectivity index (χ2v) is 8.76. The van der Waals surface area contributed by atoms with E-state index in [-0.39, 0.29) is 30.6 Å². The Morgan fingerprint density at radius 2 is 1.38 bits per heavy atom. The van der Waals surface area contributed by atoms with Gasteiger partial charge in [-0.05, 0) is 17.4 Å². The number of allylic oxidation sites excluding steroid dienone is 4. The molecular formula is C22H32Cl2OTi. The first-order valence-corrected chi connectivity index (χ1v) is 9.61. The van der Waals surface area contributed by atoms with Crippen molar-refractivity contribution in [1.29, 1.82) is 0 Å². The average Bonchev–Trinajstić information content (AvgIpc) is 2.63. The zero-order valence-electron chi connectivity index (χ0n) is 17.6. The van der Waals surface area contributed by atoms with Gasteiger partial charge >= 0.3 is 81.1 Å². The zero-order chi connectivity index (χ0) is 18.8. The molecule has 1 nitrogen and oxygen atoms in total. The minimum atomic E-state index is 0. The molecule has 1 aliphatic rings. The summed E-state index contributed by atoms with van der Waals surface area (Å²) in [4.78, 5) is 0. The van der Waals surface area contributed by atoms with Crippen molar-refractivity contribution in [2.45, 2.75) is 74.1 Å². The zero-order valence-corrected chi connectivity index (χ0v) is 20.6. The fraction of sp³-hybridized carbons (Fsp3) is 0.545. The van der Waals surface area contributed by atoms with Gasteiger partial charge < -0.3 is 29.9 Å². The van der Waals surface area contributed by atoms with Crippen LogP contribution in [0.5, 0.6) is 5.75 Å². The van der Waals surface area contributed by atoms with Crippen LogP contribution >= 0.6 is 0 Å². The summed E-state index contributed by atoms with van der Waals surface area (Å²) in [5.41, 5.74) is 6.89. The van der Waals surface area contributed by atoms with Gasteiger partial charge in [0.15, 0.2) is 0 Å². The number of hydrogen-bond donors (Lipinski definition) is 0. The van der Waals surface area contributed by atoms with Crippen LogP contribution in [0.15, 0.2) is 38.8 Å². The maximum absolute atomic E-state index is 11.6. The molecule has 0 atom stereocenters. The molecular weight excluding hydrogens is 399 g/mol. The van der Waals surface area contributed by atoms with E-state index in [9.17, 15) is 5.11 Å². The van der Waals surface area contributed by atoms with Gasteiger partial charge in [0.25, 0.3) is 0 Å². The molecule has 2 rings (SSSR count). The fourth-order valence-electron chi connectivity index (χ4n) is 2.98. The van der Waals surface area contributed by atoms with Crippen molar-refractivity contribution < 1.29 is 50.4 Å². The molecule has 0 saturated heterocycles. The fourth-order valence-corrected chi connectivity index (χ4v) is 3.57. The molecule has 0 saturated carbocycles. The molecule has 0 N–H and O–H groups in total. The number of halogens is 2. The molecule has 0 bridgehead atoms. The maximum atomic E-state index is 11.6. The van der Waals surface area contributed by atoms with Crippen molar-refractivity contribution in [2.24, 2.45) is 5.41 Å². The van der Waals surface area contributed by atoms with Crippen LogP contribution in [-0.2, 0) is 20.4 Å². The van der Waals surface area contributed by atoms with E-state index in [0.29, 0.717) is 17.3 Å². The Kier molecular flexibility index (Phi) is 11.8. The Hall–Kier alpha value is -0.206. The SMILES string of the molecule is CC(C)c1ccc(C(C)C)c([O-])c1.CC1=C(C)C(C)(C)[C]([Ti+3])=C1C.[Cl-].[Cl-]. The standard InChI is InChI=1S/C12H18O.C10H15.2ClH.Ti/c1-8(2)10-5-6-11(9(3)4)12(13)7-10;1-7-6-10(4,5)9(3)8(7)2;;;/h5-9,13H,1-4H3;1-5H3;2*1H;/q;;;;+3/p-3. The van der Waals surface area contributed by atoms with Crippen LogP contribution in [0.4, 0.5) is 0 Å². The molecule has 0 unspecified atom stereocenters. The summed E-state index contributed by atoms with van der Waals surface area (Å²) in [6.07, 6.45) is 0. The summed E-state index contributed by atoms with van der Waals surface area (Å²) in [5, 5.41) is 11.6. The van der Waals surface area contributed by atoms with Gasteiger partial charge in [-0.3, -0.25) is 0 Å². The second kappa shape index (κ2) is 11.0. The van der Waals surface area contributed by atoms with E-state index in [1.807, 2.05) is 19.9 Å². The molecule has 0 spiro atoms. The summed E-state index contributed by atoms with van der Waals surface area (Å²) in [6.45, 7) is 19.6. The molecule has 0 amide bonds. The van der Waals surface area contributed by atoms with Crippen molar-refractivity contribution >= 4 is 0 Å². The normalized spacial score (nSPS) is 15.6. The van der Waals surface area contributed by atoms with Crippen LogP contribution in [0.3, 0.4) is 0 Å². The van der Waals surface area contributed by atoms with Crippen LogP contribution in [0.1, 0.15) is 85.3 Å². The smallest absolute Gasteiger partial charge is 1.00 e. The summed E-state index contributed by atoms with van der Waals surface area (Å²) >= 11 is 2.25. The number of hydrogen-bond acceptors (Lipinski definition) is 1. The molecule has 0 heterocycles. The summed E-state index contributed by atoms with van der Waals surface area (Å²) in [6, 6.07) is 5.78. The first-order valence-electron chi connectivity index (χ1n) is 8.83. The third-order valence-corrected chi connectivity index (χ3v) is 6.95. The number of benzene rings is 1. The van der Waals surface area contributed by atoms with Crippen molar-refractivity contribution in [1.82, 2.24) is 0 Å². The Labute approximate surface area is 185 Å². The van der Waals surface area contributed by atoms with Crippen molar-refractivity contribution in [3.05, 3.63) is 49.9 Å².